The monoisotopic (exact) mass is 864 g/mol. The Morgan fingerprint density at radius 1 is 0.633 bits per heavy atom. The maximum absolute atomic E-state index is 15.5. The van der Waals surface area contributed by atoms with E-state index in [-0.39, 0.29) is 22.0 Å². The second-order valence-electron chi connectivity index (χ2n) is 20.1. The predicted octanol–water partition coefficient (Wildman–Crippen LogP) is 16.4. The van der Waals surface area contributed by atoms with E-state index in [0.29, 0.717) is 36.1 Å². The van der Waals surface area contributed by atoms with Gasteiger partial charge in [-0.15, -0.1) is 11.3 Å². The molecular formula is C53H89N3O2S2. The van der Waals surface area contributed by atoms with Gasteiger partial charge in [0.2, 0.25) is 0 Å². The molecule has 3 rings (SSSR count). The van der Waals surface area contributed by atoms with Crippen LogP contribution in [0.25, 0.3) is 5.70 Å². The molecule has 0 saturated heterocycles. The number of carbonyl (C=O) groups excluding carboxylic acids is 2. The number of fused-ring (bicyclic) bond motifs is 1. The summed E-state index contributed by atoms with van der Waals surface area (Å²) in [5, 5.41) is 0.736. The van der Waals surface area contributed by atoms with Crippen LogP contribution in [0, 0.1) is 11.8 Å². The zero-order valence-corrected chi connectivity index (χ0v) is 42.1. The smallest absolute Gasteiger partial charge is 0.261 e. The van der Waals surface area contributed by atoms with E-state index in [4.69, 9.17) is 4.99 Å². The van der Waals surface area contributed by atoms with Crippen LogP contribution in [0.1, 0.15) is 233 Å². The van der Waals surface area contributed by atoms with Gasteiger partial charge >= 0.3 is 0 Å². The van der Waals surface area contributed by atoms with Crippen LogP contribution in [0.3, 0.4) is 0 Å². The van der Waals surface area contributed by atoms with E-state index >= 15 is 9.59 Å². The molecule has 0 bridgehead atoms. The molecule has 5 nitrogen and oxygen atoms in total. The van der Waals surface area contributed by atoms with E-state index in [1.165, 1.54) is 133 Å². The third kappa shape index (κ3) is 16.5. The number of rotatable bonds is 31. The fourth-order valence-corrected chi connectivity index (χ4v) is 11.1. The molecule has 340 valence electrons. The first-order valence-corrected chi connectivity index (χ1v) is 26.5. The molecule has 0 saturated carbocycles. The topological polar surface area (TPSA) is 53.0 Å². The average Bonchev–Trinajstić information content (AvgIpc) is 3.87. The number of unbranched alkanes of at least 4 members (excludes halogenated alkanes) is 16. The maximum Gasteiger partial charge on any atom is 0.261 e. The highest BCUT2D eigenvalue weighted by atomic mass is 32.2. The molecule has 0 N–H and O–H groups in total. The molecule has 1 aromatic heterocycles. The minimum absolute atomic E-state index is 0.0141. The van der Waals surface area contributed by atoms with Crippen molar-refractivity contribution < 1.29 is 9.59 Å². The number of hydrogen-bond donors (Lipinski definition) is 0. The second kappa shape index (κ2) is 27.2. The number of thioether (sulfide) groups is 1. The molecule has 0 spiro atoms. The van der Waals surface area contributed by atoms with Crippen molar-refractivity contribution in [1.29, 1.82) is 0 Å². The number of amides is 2. The number of aliphatic imine (C=N–C) groups is 1. The van der Waals surface area contributed by atoms with Gasteiger partial charge in [-0.05, 0) is 55.1 Å². The first-order valence-electron chi connectivity index (χ1n) is 24.8. The summed E-state index contributed by atoms with van der Waals surface area (Å²) < 4.78 is -0.186. The molecule has 1 aromatic rings. The van der Waals surface area contributed by atoms with Gasteiger partial charge in [0.1, 0.15) is 5.04 Å². The van der Waals surface area contributed by atoms with Crippen molar-refractivity contribution in [3.8, 4) is 0 Å². The molecule has 0 radical (unpaired) electrons. The van der Waals surface area contributed by atoms with Gasteiger partial charge in [0.05, 0.1) is 27.4 Å². The highest BCUT2D eigenvalue weighted by molar-refractivity contribution is 8.15. The van der Waals surface area contributed by atoms with Crippen molar-refractivity contribution in [2.45, 2.75) is 233 Å². The van der Waals surface area contributed by atoms with Crippen LogP contribution in [-0.2, 0) is 15.0 Å². The molecule has 0 aliphatic carbocycles. The normalized spacial score (nSPS) is 16.2. The summed E-state index contributed by atoms with van der Waals surface area (Å²) in [7, 11) is 0. The van der Waals surface area contributed by atoms with E-state index in [1.807, 2.05) is 4.90 Å². The standard InChI is InChI=1S/C53H89N3O2S2/c1-12-17-21-25-27-31-35-41(33-29-23-19-14-3)39-55-47(43-37-38-44(59-43)52(6,7)8)45-46(51(55)58)48(49(54-16-5)60-53(9,10)11)56(50(45)57)40-42(34-30-24-20-15-4)36-32-28-26-22-18-13-2/h16,37-38,41-42H,5,12-15,17-36,39-40H2,1-4,6-11H3. The van der Waals surface area contributed by atoms with Crippen molar-refractivity contribution in [3.63, 3.8) is 0 Å². The second-order valence-corrected chi connectivity index (χ2v) is 23.0. The van der Waals surface area contributed by atoms with E-state index < -0.39 is 0 Å². The van der Waals surface area contributed by atoms with Crippen LogP contribution >= 0.6 is 23.1 Å². The maximum atomic E-state index is 15.5. The Morgan fingerprint density at radius 3 is 1.47 bits per heavy atom. The number of nitrogens with zero attached hydrogens (tertiary/aromatic N) is 3. The molecule has 2 aliphatic rings. The van der Waals surface area contributed by atoms with Gasteiger partial charge in [-0.1, -0.05) is 216 Å². The lowest BCUT2D eigenvalue weighted by molar-refractivity contribution is -0.124. The fourth-order valence-electron chi connectivity index (χ4n) is 8.92. The highest BCUT2D eigenvalue weighted by Gasteiger charge is 2.51. The zero-order valence-electron chi connectivity index (χ0n) is 40.5. The van der Waals surface area contributed by atoms with E-state index in [2.05, 4.69) is 92.8 Å². The van der Waals surface area contributed by atoms with Crippen LogP contribution < -0.4 is 0 Å². The number of hydrogen-bond acceptors (Lipinski definition) is 5. The first kappa shape index (κ1) is 52.2. The lowest BCUT2D eigenvalue weighted by Gasteiger charge is -2.31. The molecule has 2 atom stereocenters. The van der Waals surface area contributed by atoms with Gasteiger partial charge in [0, 0.05) is 28.9 Å². The molecule has 0 aromatic carbocycles. The van der Waals surface area contributed by atoms with Crippen LogP contribution in [-0.4, -0.2) is 44.5 Å². The summed E-state index contributed by atoms with van der Waals surface area (Å²) in [6.07, 6.45) is 31.0. The number of carbonyl (C=O) groups is 2. The van der Waals surface area contributed by atoms with Crippen LogP contribution in [0.4, 0.5) is 0 Å². The lowest BCUT2D eigenvalue weighted by atomic mass is 9.93. The third-order valence-electron chi connectivity index (χ3n) is 12.3. The Balaban J connectivity index is 2.19. The minimum atomic E-state index is -0.186. The lowest BCUT2D eigenvalue weighted by Crippen LogP contribution is -2.37. The molecule has 7 heteroatoms. The van der Waals surface area contributed by atoms with Crippen LogP contribution in [0.15, 0.2) is 46.7 Å². The zero-order chi connectivity index (χ0) is 44.1. The fraction of sp³-hybridized carbons (Fsp3) is 0.755. The summed E-state index contributed by atoms with van der Waals surface area (Å²) in [4.78, 5) is 42.3. The molecule has 3 heterocycles. The summed E-state index contributed by atoms with van der Waals surface area (Å²) >= 11 is 3.41. The summed E-state index contributed by atoms with van der Waals surface area (Å²) in [6, 6.07) is 4.41. The quantitative estimate of drug-likeness (QED) is 0.0424. The van der Waals surface area contributed by atoms with Crippen LogP contribution in [0.5, 0.6) is 0 Å². The summed E-state index contributed by atoms with van der Waals surface area (Å²) in [6.45, 7) is 27.8. The number of thiophene rings is 1. The molecule has 2 aliphatic heterocycles. The Morgan fingerprint density at radius 2 is 1.05 bits per heavy atom. The molecule has 2 unspecified atom stereocenters. The molecule has 0 fully saturated rings. The van der Waals surface area contributed by atoms with Gasteiger partial charge in [-0.25, -0.2) is 4.99 Å². The Bertz CT molecular complexity index is 1550. The van der Waals surface area contributed by atoms with Crippen molar-refractivity contribution in [2.24, 2.45) is 16.8 Å². The average molecular weight is 864 g/mol. The van der Waals surface area contributed by atoms with Gasteiger partial charge in [0.15, 0.2) is 0 Å². The molecule has 60 heavy (non-hydrogen) atoms. The van der Waals surface area contributed by atoms with E-state index in [9.17, 15) is 0 Å². The first-order chi connectivity index (χ1) is 28.7. The Kier molecular flexibility index (Phi) is 23.6. The van der Waals surface area contributed by atoms with Gasteiger partial charge in [-0.3, -0.25) is 9.59 Å². The van der Waals surface area contributed by atoms with Gasteiger partial charge in [-0.2, -0.15) is 0 Å². The third-order valence-corrected chi connectivity index (χ3v) is 14.9. The molecule has 2 amide bonds. The predicted molar refractivity (Wildman–Crippen MR) is 266 cm³/mol. The van der Waals surface area contributed by atoms with Crippen molar-refractivity contribution in [1.82, 2.24) is 9.80 Å². The van der Waals surface area contributed by atoms with Gasteiger partial charge < -0.3 is 9.80 Å². The summed E-state index contributed by atoms with van der Waals surface area (Å²) in [5.74, 6) is 0.726. The minimum Gasteiger partial charge on any atom is -0.306 e. The van der Waals surface area contributed by atoms with E-state index in [1.54, 1.807) is 29.3 Å². The van der Waals surface area contributed by atoms with Gasteiger partial charge in [0.25, 0.3) is 11.8 Å². The SMILES string of the molecule is C=CN=C(SC(C)(C)C)C1=C2C(=O)N(CC(CCCCCC)CCCCCCCC)C(c3ccc(C(C)(C)C)s3)=C2C(=O)N1CC(CCCCCC)CCCCCCCC. The van der Waals surface area contributed by atoms with E-state index in [0.717, 1.165) is 47.0 Å². The Labute approximate surface area is 378 Å². The van der Waals surface area contributed by atoms with Crippen molar-refractivity contribution in [3.05, 3.63) is 51.5 Å². The largest absolute Gasteiger partial charge is 0.306 e. The highest BCUT2D eigenvalue weighted by Crippen LogP contribution is 2.49. The van der Waals surface area contributed by atoms with Crippen LogP contribution in [0.2, 0.25) is 0 Å². The van der Waals surface area contributed by atoms with Crippen molar-refractivity contribution in [2.75, 3.05) is 13.1 Å². The Hall–Kier alpha value is -2.12. The van der Waals surface area contributed by atoms with Crippen molar-refractivity contribution >= 4 is 45.7 Å². The molecular weight excluding hydrogens is 775 g/mol. The summed E-state index contributed by atoms with van der Waals surface area (Å²) in [5.41, 5.74) is 2.72.